The van der Waals surface area contributed by atoms with E-state index in [-0.39, 0.29) is 11.5 Å². The summed E-state index contributed by atoms with van der Waals surface area (Å²) in [6.45, 7) is 3.68. The van der Waals surface area contributed by atoms with Gasteiger partial charge < -0.3 is 4.98 Å². The first-order chi connectivity index (χ1) is 7.53. The van der Waals surface area contributed by atoms with Crippen LogP contribution in [-0.2, 0) is 15.6 Å². The molecule has 0 radical (unpaired) electrons. The molecule has 0 spiro atoms. The Kier molecular flexibility index (Phi) is 2.76. The largest absolute Gasteiger partial charge is 0.361 e. The van der Waals surface area contributed by atoms with Crippen LogP contribution in [0.25, 0.3) is 10.9 Å². The summed E-state index contributed by atoms with van der Waals surface area (Å²) >= 11 is 0. The maximum atomic E-state index is 11.6. The molecule has 1 heterocycles. The molecule has 4 heteroatoms. The number of hydrogen-bond acceptors (Lipinski definition) is 2. The quantitative estimate of drug-likeness (QED) is 0.891. The fourth-order valence-corrected chi connectivity index (χ4v) is 2.81. The van der Waals surface area contributed by atoms with Crippen molar-refractivity contribution in [2.75, 3.05) is 5.75 Å². The zero-order valence-electron chi connectivity index (χ0n) is 9.45. The van der Waals surface area contributed by atoms with Crippen LogP contribution in [0.3, 0.4) is 0 Å². The Balaban J connectivity index is 2.54. The minimum Gasteiger partial charge on any atom is -0.361 e. The molecule has 2 aromatic rings. The van der Waals surface area contributed by atoms with Crippen molar-refractivity contribution in [1.29, 1.82) is 0 Å². The van der Waals surface area contributed by atoms with Gasteiger partial charge in [-0.2, -0.15) is 0 Å². The lowest BCUT2D eigenvalue weighted by molar-refractivity contribution is 0.596. The van der Waals surface area contributed by atoms with Crippen molar-refractivity contribution >= 4 is 20.7 Å². The summed E-state index contributed by atoms with van der Waals surface area (Å²) in [5.41, 5.74) is 2.98. The van der Waals surface area contributed by atoms with Crippen LogP contribution in [0.4, 0.5) is 0 Å². The van der Waals surface area contributed by atoms with Crippen molar-refractivity contribution in [2.24, 2.45) is 0 Å². The van der Waals surface area contributed by atoms with E-state index in [1.165, 1.54) is 0 Å². The number of aromatic nitrogens is 1. The van der Waals surface area contributed by atoms with Gasteiger partial charge in [0.15, 0.2) is 9.84 Å². The van der Waals surface area contributed by atoms with Gasteiger partial charge in [0, 0.05) is 22.9 Å². The molecule has 0 unspecified atom stereocenters. The highest BCUT2D eigenvalue weighted by molar-refractivity contribution is 7.90. The zero-order chi connectivity index (χ0) is 11.8. The second-order valence-corrected chi connectivity index (χ2v) is 6.34. The number of aromatic amines is 1. The first kappa shape index (κ1) is 11.2. The van der Waals surface area contributed by atoms with Crippen LogP contribution in [0.1, 0.15) is 18.1 Å². The molecular weight excluding hydrogens is 222 g/mol. The summed E-state index contributed by atoms with van der Waals surface area (Å²) in [7, 11) is -2.97. The monoisotopic (exact) mass is 237 g/mol. The number of aryl methyl sites for hydroxylation is 1. The SMILES string of the molecule is CCS(=O)(=O)Cc1c[nH]c2cccc(C)c12. The second kappa shape index (κ2) is 3.94. The topological polar surface area (TPSA) is 49.9 Å². The first-order valence-electron chi connectivity index (χ1n) is 5.29. The third-order valence-corrected chi connectivity index (χ3v) is 4.44. The van der Waals surface area contributed by atoms with E-state index in [9.17, 15) is 8.42 Å². The summed E-state index contributed by atoms with van der Waals surface area (Å²) in [5.74, 6) is 0.305. The van der Waals surface area contributed by atoms with E-state index in [4.69, 9.17) is 0 Å². The van der Waals surface area contributed by atoms with E-state index < -0.39 is 9.84 Å². The molecule has 0 aliphatic rings. The fraction of sp³-hybridized carbons (Fsp3) is 0.333. The third kappa shape index (κ3) is 1.97. The van der Waals surface area contributed by atoms with Crippen LogP contribution >= 0.6 is 0 Å². The van der Waals surface area contributed by atoms with E-state index in [1.807, 2.05) is 25.1 Å². The number of rotatable bonds is 3. The summed E-state index contributed by atoms with van der Waals surface area (Å²) in [6.07, 6.45) is 1.80. The first-order valence-corrected chi connectivity index (χ1v) is 7.11. The molecule has 0 saturated carbocycles. The van der Waals surface area contributed by atoms with Crippen LogP contribution in [-0.4, -0.2) is 19.2 Å². The molecule has 0 aliphatic carbocycles. The van der Waals surface area contributed by atoms with Gasteiger partial charge in [0.05, 0.1) is 5.75 Å². The van der Waals surface area contributed by atoms with E-state index in [1.54, 1.807) is 13.1 Å². The van der Waals surface area contributed by atoms with Gasteiger partial charge in [0.1, 0.15) is 0 Å². The van der Waals surface area contributed by atoms with E-state index >= 15 is 0 Å². The molecule has 1 aromatic heterocycles. The van der Waals surface area contributed by atoms with E-state index in [0.29, 0.717) is 0 Å². The Morgan fingerprint density at radius 1 is 1.31 bits per heavy atom. The lowest BCUT2D eigenvalue weighted by atomic mass is 10.1. The Morgan fingerprint density at radius 2 is 2.06 bits per heavy atom. The third-order valence-electron chi connectivity index (χ3n) is 2.81. The highest BCUT2D eigenvalue weighted by Crippen LogP contribution is 2.23. The molecule has 0 atom stereocenters. The Hall–Kier alpha value is -1.29. The Labute approximate surface area is 95.4 Å². The number of hydrogen-bond donors (Lipinski definition) is 1. The predicted molar refractivity (Wildman–Crippen MR) is 66.2 cm³/mol. The van der Waals surface area contributed by atoms with Crippen LogP contribution < -0.4 is 0 Å². The van der Waals surface area contributed by atoms with Crippen molar-refractivity contribution in [3.63, 3.8) is 0 Å². The summed E-state index contributed by atoms with van der Waals surface area (Å²) in [4.78, 5) is 3.11. The van der Waals surface area contributed by atoms with Gasteiger partial charge in [-0.3, -0.25) is 0 Å². The number of H-pyrrole nitrogens is 1. The lowest BCUT2D eigenvalue weighted by Gasteiger charge is -2.02. The summed E-state index contributed by atoms with van der Waals surface area (Å²) < 4.78 is 23.2. The second-order valence-electron chi connectivity index (χ2n) is 3.99. The molecule has 0 bridgehead atoms. The maximum absolute atomic E-state index is 11.6. The molecule has 2 rings (SSSR count). The molecule has 1 aromatic carbocycles. The number of nitrogens with one attached hydrogen (secondary N) is 1. The standard InChI is InChI=1S/C12H15NO2S/c1-3-16(14,15)8-10-7-13-11-6-4-5-9(2)12(10)11/h4-7,13H,3,8H2,1-2H3. The normalized spacial score (nSPS) is 12.1. The van der Waals surface area contributed by atoms with E-state index in [0.717, 1.165) is 22.0 Å². The average Bonchev–Trinajstić information content (AvgIpc) is 2.62. The molecule has 16 heavy (non-hydrogen) atoms. The predicted octanol–water partition coefficient (Wildman–Crippen LogP) is 2.41. The smallest absolute Gasteiger partial charge is 0.154 e. The van der Waals surface area contributed by atoms with Gasteiger partial charge in [0.2, 0.25) is 0 Å². The molecule has 3 nitrogen and oxygen atoms in total. The molecule has 1 N–H and O–H groups in total. The zero-order valence-corrected chi connectivity index (χ0v) is 10.3. The number of sulfone groups is 1. The van der Waals surface area contributed by atoms with Gasteiger partial charge in [-0.1, -0.05) is 19.1 Å². The van der Waals surface area contributed by atoms with Crippen molar-refractivity contribution in [1.82, 2.24) is 4.98 Å². The minimum atomic E-state index is -2.97. The van der Waals surface area contributed by atoms with Crippen molar-refractivity contribution in [3.05, 3.63) is 35.5 Å². The minimum absolute atomic E-state index is 0.119. The van der Waals surface area contributed by atoms with Crippen LogP contribution in [0.5, 0.6) is 0 Å². The maximum Gasteiger partial charge on any atom is 0.154 e. The molecule has 0 aliphatic heterocycles. The molecule has 0 saturated heterocycles. The average molecular weight is 237 g/mol. The molecule has 86 valence electrons. The molecular formula is C12H15NO2S. The highest BCUT2D eigenvalue weighted by Gasteiger charge is 2.13. The van der Waals surface area contributed by atoms with Crippen LogP contribution in [0, 0.1) is 6.92 Å². The van der Waals surface area contributed by atoms with Gasteiger partial charge in [-0.15, -0.1) is 0 Å². The van der Waals surface area contributed by atoms with Crippen LogP contribution in [0.15, 0.2) is 24.4 Å². The van der Waals surface area contributed by atoms with Gasteiger partial charge in [-0.25, -0.2) is 8.42 Å². The summed E-state index contributed by atoms with van der Waals surface area (Å²) in [6, 6.07) is 5.93. The van der Waals surface area contributed by atoms with Gasteiger partial charge >= 0.3 is 0 Å². The molecule has 0 fully saturated rings. The molecule has 0 amide bonds. The number of fused-ring (bicyclic) bond motifs is 1. The fourth-order valence-electron chi connectivity index (χ4n) is 1.90. The lowest BCUT2D eigenvalue weighted by Crippen LogP contribution is -2.06. The summed E-state index contributed by atoms with van der Waals surface area (Å²) in [5, 5.41) is 1.04. The van der Waals surface area contributed by atoms with Crippen molar-refractivity contribution < 1.29 is 8.42 Å². The van der Waals surface area contributed by atoms with Crippen LogP contribution in [0.2, 0.25) is 0 Å². The van der Waals surface area contributed by atoms with Crippen molar-refractivity contribution in [3.8, 4) is 0 Å². The number of benzene rings is 1. The Bertz CT molecular complexity index is 611. The van der Waals surface area contributed by atoms with Gasteiger partial charge in [0.25, 0.3) is 0 Å². The van der Waals surface area contributed by atoms with E-state index in [2.05, 4.69) is 4.98 Å². The van der Waals surface area contributed by atoms with Crippen molar-refractivity contribution in [2.45, 2.75) is 19.6 Å². The Morgan fingerprint density at radius 3 is 2.75 bits per heavy atom. The van der Waals surface area contributed by atoms with Gasteiger partial charge in [-0.05, 0) is 24.1 Å². The highest BCUT2D eigenvalue weighted by atomic mass is 32.2.